The van der Waals surface area contributed by atoms with Gasteiger partial charge in [-0.1, -0.05) is 6.07 Å². The second-order valence-corrected chi connectivity index (χ2v) is 5.73. The third-order valence-corrected chi connectivity index (χ3v) is 3.64. The molecule has 16 heavy (non-hydrogen) atoms. The molecule has 0 aromatic carbocycles. The fourth-order valence-corrected chi connectivity index (χ4v) is 2.49. The minimum atomic E-state index is -3.73. The Kier molecular flexibility index (Phi) is 4.62. The predicted molar refractivity (Wildman–Crippen MR) is 62.1 cm³/mol. The quantitative estimate of drug-likeness (QED) is 0.774. The summed E-state index contributed by atoms with van der Waals surface area (Å²) >= 11 is 0. The van der Waals surface area contributed by atoms with Gasteiger partial charge in [0, 0.05) is 19.3 Å². The molecule has 1 heterocycles. The van der Waals surface area contributed by atoms with Gasteiger partial charge in [0.25, 0.3) is 0 Å². The molecule has 0 bridgehead atoms. The zero-order chi connectivity index (χ0) is 12.2. The molecule has 0 saturated heterocycles. The first-order valence-electron chi connectivity index (χ1n) is 5.02. The molecule has 0 amide bonds. The van der Waals surface area contributed by atoms with E-state index in [2.05, 4.69) is 14.8 Å². The van der Waals surface area contributed by atoms with Crippen molar-refractivity contribution in [2.45, 2.75) is 25.7 Å². The number of aromatic nitrogens is 1. The van der Waals surface area contributed by atoms with Crippen molar-refractivity contribution in [3.8, 4) is 0 Å². The van der Waals surface area contributed by atoms with Gasteiger partial charge in [0.15, 0.2) is 5.78 Å². The predicted octanol–water partition coefficient (Wildman–Crippen LogP) is 1.91. The maximum absolute atomic E-state index is 11.8. The van der Waals surface area contributed by atoms with E-state index in [9.17, 15) is 9.46 Å². The van der Waals surface area contributed by atoms with Crippen LogP contribution in [0.3, 0.4) is 0 Å². The van der Waals surface area contributed by atoms with Crippen LogP contribution in [-0.4, -0.2) is 23.0 Å². The Morgan fingerprint density at radius 1 is 1.50 bits per heavy atom. The molecule has 0 aliphatic heterocycles. The van der Waals surface area contributed by atoms with Crippen LogP contribution in [0.2, 0.25) is 0 Å². The smallest absolute Gasteiger partial charge is 0.323 e. The Bertz CT molecular complexity index is 370. The number of pyridine rings is 1. The number of hydrogen-bond acceptors (Lipinski definition) is 4. The molecule has 90 valence electrons. The van der Waals surface area contributed by atoms with Crippen molar-refractivity contribution in [2.24, 2.45) is 0 Å². The lowest BCUT2D eigenvalue weighted by Gasteiger charge is -2.23. The molecule has 0 radical (unpaired) electrons. The fourth-order valence-electron chi connectivity index (χ4n) is 1.31. The lowest BCUT2D eigenvalue weighted by Crippen LogP contribution is -2.29. The van der Waals surface area contributed by atoms with E-state index in [4.69, 9.17) is 0 Å². The van der Waals surface area contributed by atoms with Gasteiger partial charge in [-0.3, -0.25) is 14.9 Å². The van der Waals surface area contributed by atoms with Gasteiger partial charge in [0.05, 0.1) is 5.69 Å². The van der Waals surface area contributed by atoms with E-state index in [0.717, 1.165) is 0 Å². The van der Waals surface area contributed by atoms with Crippen molar-refractivity contribution < 1.29 is 14.0 Å². The van der Waals surface area contributed by atoms with Gasteiger partial charge < -0.3 is 9.42 Å². The summed E-state index contributed by atoms with van der Waals surface area (Å²) < 4.78 is 16.5. The highest BCUT2D eigenvalue weighted by atomic mass is 31.2. The largest absolute Gasteiger partial charge is 0.350 e. The van der Waals surface area contributed by atoms with Crippen LogP contribution < -0.4 is 5.32 Å². The molecule has 1 aromatic heterocycles. The van der Waals surface area contributed by atoms with Crippen molar-refractivity contribution in [2.75, 3.05) is 7.11 Å². The van der Waals surface area contributed by atoms with Gasteiger partial charge >= 0.3 is 7.60 Å². The summed E-state index contributed by atoms with van der Waals surface area (Å²) in [4.78, 5) is 13.8. The maximum Gasteiger partial charge on any atom is 0.350 e. The van der Waals surface area contributed by atoms with Crippen LogP contribution in [0.4, 0.5) is 0 Å². The van der Waals surface area contributed by atoms with E-state index in [1.807, 2.05) is 13.8 Å². The molecule has 0 saturated carbocycles. The Balaban J connectivity index is 3.02. The van der Waals surface area contributed by atoms with Crippen molar-refractivity contribution in [1.29, 1.82) is 0 Å². The van der Waals surface area contributed by atoms with E-state index in [0.29, 0.717) is 5.69 Å². The summed E-state index contributed by atoms with van der Waals surface area (Å²) in [6, 6.07) is 5.28. The van der Waals surface area contributed by atoms with Crippen LogP contribution in [0.5, 0.6) is 0 Å². The average molecular weight is 244 g/mol. The van der Waals surface area contributed by atoms with Crippen molar-refractivity contribution in [3.63, 3.8) is 0 Å². The van der Waals surface area contributed by atoms with Crippen LogP contribution >= 0.6 is 7.60 Å². The number of rotatable bonds is 5. The highest BCUT2D eigenvalue weighted by molar-refractivity contribution is 7.53. The van der Waals surface area contributed by atoms with Gasteiger partial charge in [-0.05, 0) is 26.0 Å². The van der Waals surface area contributed by atoms with E-state index in [1.54, 1.807) is 24.4 Å². The zero-order valence-corrected chi connectivity index (χ0v) is 10.5. The molecule has 0 spiro atoms. The molecule has 5 nitrogen and oxygen atoms in total. The summed E-state index contributed by atoms with van der Waals surface area (Å²) in [6.07, 6.45) is 1.58. The lowest BCUT2D eigenvalue weighted by atomic mass is 10.3. The van der Waals surface area contributed by atoms with Crippen LogP contribution in [0.1, 0.15) is 25.3 Å². The van der Waals surface area contributed by atoms with Crippen LogP contribution in [0.15, 0.2) is 24.4 Å². The van der Waals surface area contributed by atoms with Gasteiger partial charge in [0.1, 0.15) is 0 Å². The van der Waals surface area contributed by atoms with Crippen molar-refractivity contribution in [1.82, 2.24) is 10.3 Å². The molecule has 2 unspecified atom stereocenters. The SMILES string of the molecule is COP(=O)(O)C(NC(C)C)c1ccccn1. The number of nitrogens with zero attached hydrogens (tertiary/aromatic N) is 1. The summed E-state index contributed by atoms with van der Waals surface area (Å²) in [7, 11) is -2.51. The average Bonchev–Trinajstić information content (AvgIpc) is 2.27. The first kappa shape index (κ1) is 13.3. The summed E-state index contributed by atoms with van der Waals surface area (Å²) in [6.45, 7) is 3.79. The second-order valence-electron chi connectivity index (χ2n) is 3.73. The molecule has 6 heteroatoms. The maximum atomic E-state index is 11.8. The van der Waals surface area contributed by atoms with Crippen molar-refractivity contribution >= 4 is 7.60 Å². The molecule has 1 rings (SSSR count). The van der Waals surface area contributed by atoms with Gasteiger partial charge in [-0.25, -0.2) is 0 Å². The third-order valence-electron chi connectivity index (χ3n) is 2.05. The highest BCUT2D eigenvalue weighted by Crippen LogP contribution is 2.53. The van der Waals surface area contributed by atoms with Crippen LogP contribution in [-0.2, 0) is 9.09 Å². The van der Waals surface area contributed by atoms with Gasteiger partial charge in [0.2, 0.25) is 0 Å². The molecule has 2 N–H and O–H groups in total. The first-order valence-corrected chi connectivity index (χ1v) is 6.67. The normalized spacial score (nSPS) is 17.1. The topological polar surface area (TPSA) is 71.5 Å². The summed E-state index contributed by atoms with van der Waals surface area (Å²) in [5, 5.41) is 2.99. The first-order chi connectivity index (χ1) is 7.47. The van der Waals surface area contributed by atoms with Crippen LogP contribution in [0.25, 0.3) is 0 Å². The Labute approximate surface area is 95.4 Å². The zero-order valence-electron chi connectivity index (χ0n) is 9.62. The molecule has 0 aliphatic rings. The molecular formula is C10H17N2O3P. The summed E-state index contributed by atoms with van der Waals surface area (Å²) in [5.41, 5.74) is 0.504. The monoisotopic (exact) mass is 244 g/mol. The van der Waals surface area contributed by atoms with Crippen LogP contribution in [0, 0.1) is 0 Å². The highest BCUT2D eigenvalue weighted by Gasteiger charge is 2.34. The Morgan fingerprint density at radius 2 is 2.19 bits per heavy atom. The van der Waals surface area contributed by atoms with E-state index < -0.39 is 13.4 Å². The Hall–Kier alpha value is -0.740. The summed E-state index contributed by atoms with van der Waals surface area (Å²) in [5.74, 6) is -0.793. The third kappa shape index (κ3) is 3.39. The minimum Gasteiger partial charge on any atom is -0.323 e. The standard InChI is InChI=1S/C10H17N2O3P/c1-8(2)12-10(16(13,14)15-3)9-6-4-5-7-11-9/h4-8,10,12H,1-3H3,(H,13,14). The number of nitrogens with one attached hydrogen (secondary N) is 1. The van der Waals surface area contributed by atoms with E-state index in [1.165, 1.54) is 7.11 Å². The fraction of sp³-hybridized carbons (Fsp3) is 0.500. The Morgan fingerprint density at radius 3 is 2.62 bits per heavy atom. The van der Waals surface area contributed by atoms with E-state index >= 15 is 0 Å². The van der Waals surface area contributed by atoms with Gasteiger partial charge in [-0.2, -0.15) is 0 Å². The van der Waals surface area contributed by atoms with Crippen molar-refractivity contribution in [3.05, 3.63) is 30.1 Å². The van der Waals surface area contributed by atoms with E-state index in [-0.39, 0.29) is 6.04 Å². The molecular weight excluding hydrogens is 227 g/mol. The molecule has 0 fully saturated rings. The van der Waals surface area contributed by atoms with Gasteiger partial charge in [-0.15, -0.1) is 0 Å². The molecule has 2 atom stereocenters. The lowest BCUT2D eigenvalue weighted by molar-refractivity contribution is 0.292. The number of hydrogen-bond donors (Lipinski definition) is 2. The second kappa shape index (κ2) is 5.55. The minimum absolute atomic E-state index is 0.0580. The molecule has 1 aromatic rings. The molecule has 0 aliphatic carbocycles.